The second-order valence-electron chi connectivity index (χ2n) is 5.66. The fraction of sp³-hybridized carbons (Fsp3) is 0.500. The molecule has 8 heteroatoms. The molecule has 1 heterocycles. The molecule has 130 valence electrons. The summed E-state index contributed by atoms with van der Waals surface area (Å²) in [5.74, 6) is -0.451. The molecule has 0 saturated carbocycles. The molecule has 8 nitrogen and oxygen atoms in total. The lowest BCUT2D eigenvalue weighted by Gasteiger charge is -2.40. The molecule has 2 rings (SSSR count). The molecule has 1 aromatic rings. The Morgan fingerprint density at radius 1 is 1.17 bits per heavy atom. The van der Waals surface area contributed by atoms with E-state index in [0.717, 1.165) is 11.1 Å². The molecule has 5 atom stereocenters. The van der Waals surface area contributed by atoms with Gasteiger partial charge in [-0.15, -0.1) is 0 Å². The zero-order valence-electron chi connectivity index (χ0n) is 12.9. The molecule has 1 aliphatic heterocycles. The number of rotatable bonds is 5. The minimum Gasteiger partial charge on any atom is -0.394 e. The van der Waals surface area contributed by atoms with Crippen LogP contribution in [0.25, 0.3) is 4.85 Å². The van der Waals surface area contributed by atoms with Crippen LogP contribution in [0.1, 0.15) is 11.1 Å². The van der Waals surface area contributed by atoms with E-state index in [1.807, 2.05) is 0 Å². The van der Waals surface area contributed by atoms with E-state index in [9.17, 15) is 20.1 Å². The summed E-state index contributed by atoms with van der Waals surface area (Å²) in [5, 5.41) is 41.1. The summed E-state index contributed by atoms with van der Waals surface area (Å²) < 4.78 is 4.98. The van der Waals surface area contributed by atoms with E-state index >= 15 is 0 Å². The van der Waals surface area contributed by atoms with Crippen LogP contribution in [0.4, 0.5) is 0 Å². The maximum atomic E-state index is 12.1. The fourth-order valence-corrected chi connectivity index (χ4v) is 2.54. The molecule has 1 aliphatic rings. The summed E-state index contributed by atoms with van der Waals surface area (Å²) in [4.78, 5) is 15.6. The first-order valence-electron chi connectivity index (χ1n) is 7.50. The number of carbonyl (C=O) groups excluding carboxylic acids is 1. The van der Waals surface area contributed by atoms with Crippen LogP contribution in [0, 0.1) is 6.57 Å². The number of aliphatic hydroxyl groups is 4. The van der Waals surface area contributed by atoms with Crippen LogP contribution in [-0.4, -0.2) is 63.6 Å². The zero-order chi connectivity index (χ0) is 17.7. The van der Waals surface area contributed by atoms with E-state index in [1.165, 1.54) is 0 Å². The normalized spacial score (nSPS) is 29.7. The molecule has 0 radical (unpaired) electrons. The SMILES string of the molecule is C#[N+]Cc1ccc(CC(=O)N[C@@H]2C(O)O[C@H](CO)[C@@H](O)[C@@H]2O)cc1. The highest BCUT2D eigenvalue weighted by atomic mass is 16.6. The van der Waals surface area contributed by atoms with Gasteiger partial charge in [-0.3, -0.25) is 4.79 Å². The van der Waals surface area contributed by atoms with Crippen molar-refractivity contribution in [1.29, 1.82) is 0 Å². The Hall–Kier alpha value is -2.02. The second kappa shape index (κ2) is 8.19. The third kappa shape index (κ3) is 4.29. The number of benzene rings is 1. The van der Waals surface area contributed by atoms with Gasteiger partial charge in [0.1, 0.15) is 24.4 Å². The summed E-state index contributed by atoms with van der Waals surface area (Å²) in [5.41, 5.74) is 1.63. The molecule has 5 N–H and O–H groups in total. The van der Waals surface area contributed by atoms with Crippen LogP contribution in [0.15, 0.2) is 24.3 Å². The van der Waals surface area contributed by atoms with Gasteiger partial charge in [0, 0.05) is 5.56 Å². The fourth-order valence-electron chi connectivity index (χ4n) is 2.54. The van der Waals surface area contributed by atoms with Gasteiger partial charge in [-0.25, -0.2) is 0 Å². The smallest absolute Gasteiger partial charge is 0.288 e. The number of aliphatic hydroxyl groups excluding tert-OH is 4. The lowest BCUT2D eigenvalue weighted by Crippen LogP contribution is -2.64. The Labute approximate surface area is 139 Å². The molecule has 1 fully saturated rings. The average molecular weight is 337 g/mol. The van der Waals surface area contributed by atoms with Gasteiger partial charge in [-0.2, -0.15) is 0 Å². The van der Waals surface area contributed by atoms with E-state index < -0.39 is 43.2 Å². The summed E-state index contributed by atoms with van der Waals surface area (Å²) in [6.07, 6.45) is -5.48. The molecular weight excluding hydrogens is 316 g/mol. The summed E-state index contributed by atoms with van der Waals surface area (Å²) >= 11 is 0. The van der Waals surface area contributed by atoms with Gasteiger partial charge in [0.15, 0.2) is 6.29 Å². The predicted octanol–water partition coefficient (Wildman–Crippen LogP) is -1.39. The van der Waals surface area contributed by atoms with E-state index in [2.05, 4.69) is 10.2 Å². The molecule has 1 amide bonds. The van der Waals surface area contributed by atoms with Gasteiger partial charge in [-0.1, -0.05) is 29.1 Å². The van der Waals surface area contributed by atoms with Crippen LogP contribution in [0.2, 0.25) is 0 Å². The van der Waals surface area contributed by atoms with Crippen LogP contribution in [0.3, 0.4) is 0 Å². The standard InChI is InChI=1S/C16H20N2O6/c1-17-7-10-4-2-9(3-5-10)6-12(20)18-13-15(22)14(21)11(8-19)24-16(13)23/h1-5,11,13-16,19,21-23H,6-8H2/p+1/t11-,13+,14-,15-,16?/m1/s1. The van der Waals surface area contributed by atoms with Crippen molar-refractivity contribution in [3.05, 3.63) is 40.2 Å². The minimum atomic E-state index is -1.53. The lowest BCUT2D eigenvalue weighted by molar-refractivity contribution is -0.253. The summed E-state index contributed by atoms with van der Waals surface area (Å²) in [6.45, 7) is 4.93. The predicted molar refractivity (Wildman–Crippen MR) is 84.1 cm³/mol. The Kier molecular flexibility index (Phi) is 6.25. The molecule has 1 unspecified atom stereocenters. The first-order valence-corrected chi connectivity index (χ1v) is 7.50. The van der Waals surface area contributed by atoms with Crippen molar-refractivity contribution in [1.82, 2.24) is 5.32 Å². The first-order chi connectivity index (χ1) is 11.5. The highest BCUT2D eigenvalue weighted by molar-refractivity contribution is 5.79. The highest BCUT2D eigenvalue weighted by Gasteiger charge is 2.44. The first kappa shape index (κ1) is 18.3. The number of nitrogens with zero attached hydrogens (tertiary/aromatic N) is 1. The molecule has 0 spiro atoms. The van der Waals surface area contributed by atoms with Gasteiger partial charge >= 0.3 is 0 Å². The van der Waals surface area contributed by atoms with E-state index in [-0.39, 0.29) is 6.42 Å². The van der Waals surface area contributed by atoms with Crippen molar-refractivity contribution in [2.45, 2.75) is 43.6 Å². The van der Waals surface area contributed by atoms with E-state index in [4.69, 9.17) is 16.4 Å². The number of hydrogen-bond donors (Lipinski definition) is 5. The van der Waals surface area contributed by atoms with Crippen molar-refractivity contribution >= 4 is 5.91 Å². The Morgan fingerprint density at radius 3 is 2.38 bits per heavy atom. The van der Waals surface area contributed by atoms with E-state index in [1.54, 1.807) is 24.3 Å². The zero-order valence-corrected chi connectivity index (χ0v) is 12.9. The van der Waals surface area contributed by atoms with Gasteiger partial charge in [0.2, 0.25) is 5.91 Å². The minimum absolute atomic E-state index is 0.0233. The van der Waals surface area contributed by atoms with Crippen molar-refractivity contribution in [2.24, 2.45) is 0 Å². The molecule has 0 aromatic heterocycles. The summed E-state index contributed by atoms with van der Waals surface area (Å²) in [6, 6.07) is 5.90. The third-order valence-corrected chi connectivity index (χ3v) is 3.89. The Bertz CT molecular complexity index is 600. The van der Waals surface area contributed by atoms with Gasteiger partial charge < -0.3 is 30.5 Å². The molecular formula is C16H21N2O6+. The molecule has 24 heavy (non-hydrogen) atoms. The molecule has 0 bridgehead atoms. The van der Waals surface area contributed by atoms with Gasteiger partial charge in [0.05, 0.1) is 13.0 Å². The van der Waals surface area contributed by atoms with Crippen LogP contribution >= 0.6 is 0 Å². The highest BCUT2D eigenvalue weighted by Crippen LogP contribution is 2.20. The average Bonchev–Trinajstić information content (AvgIpc) is 2.57. The number of carbonyl (C=O) groups is 1. The summed E-state index contributed by atoms with van der Waals surface area (Å²) in [7, 11) is 0. The van der Waals surface area contributed by atoms with Crippen molar-refractivity contribution < 1.29 is 30.0 Å². The number of ether oxygens (including phenoxy) is 1. The molecule has 0 aliphatic carbocycles. The second-order valence-corrected chi connectivity index (χ2v) is 5.66. The molecule has 1 aromatic carbocycles. The van der Waals surface area contributed by atoms with Crippen molar-refractivity contribution in [2.75, 3.05) is 6.61 Å². The Morgan fingerprint density at radius 2 is 1.79 bits per heavy atom. The molecule has 1 saturated heterocycles. The lowest BCUT2D eigenvalue weighted by atomic mass is 9.97. The number of hydrogen-bond acceptors (Lipinski definition) is 6. The quantitative estimate of drug-likeness (QED) is 0.451. The number of amides is 1. The topological polar surface area (TPSA) is 124 Å². The maximum Gasteiger partial charge on any atom is 0.288 e. The third-order valence-electron chi connectivity index (χ3n) is 3.89. The Balaban J connectivity index is 1.95. The van der Waals surface area contributed by atoms with Gasteiger partial charge in [0.25, 0.3) is 13.1 Å². The van der Waals surface area contributed by atoms with E-state index in [0.29, 0.717) is 6.54 Å². The van der Waals surface area contributed by atoms with Gasteiger partial charge in [-0.05, 0) is 5.56 Å². The number of nitrogens with one attached hydrogen (secondary N) is 1. The van der Waals surface area contributed by atoms with Crippen LogP contribution < -0.4 is 5.32 Å². The monoisotopic (exact) mass is 337 g/mol. The maximum absolute atomic E-state index is 12.1. The largest absolute Gasteiger partial charge is 0.394 e. The van der Waals surface area contributed by atoms with Crippen LogP contribution in [-0.2, 0) is 22.5 Å². The van der Waals surface area contributed by atoms with Crippen molar-refractivity contribution in [3.8, 4) is 6.57 Å². The van der Waals surface area contributed by atoms with Crippen LogP contribution in [0.5, 0.6) is 0 Å². The van der Waals surface area contributed by atoms with Crippen molar-refractivity contribution in [3.63, 3.8) is 0 Å².